The fraction of sp³-hybridized carbons (Fsp3) is 0. The molecule has 0 spiro atoms. The molecule has 0 saturated carbocycles. The molecule has 0 aliphatic rings. The molecule has 0 unspecified atom stereocenters. The van der Waals surface area contributed by atoms with Gasteiger partial charge < -0.3 is 9.47 Å². The normalized spacial score (nSPS) is 11.4. The SMILES string of the molecule is C(=C\c1ccc(N(c2ccccc2)c2ccc(-n3c4ccccc4c4ccccc43)cc2)cc1)/c1ccccc1. The molecule has 0 aliphatic heterocycles. The highest BCUT2D eigenvalue weighted by atomic mass is 15.1. The molecule has 0 fully saturated rings. The van der Waals surface area contributed by atoms with Crippen molar-refractivity contribution in [1.29, 1.82) is 0 Å². The Bertz CT molecular complexity index is 1860. The van der Waals surface area contributed by atoms with Crippen LogP contribution in [0.1, 0.15) is 11.1 Å². The maximum atomic E-state index is 2.36. The second-order valence-electron chi connectivity index (χ2n) is 9.89. The highest BCUT2D eigenvalue weighted by Gasteiger charge is 2.14. The molecule has 2 heteroatoms. The molecule has 190 valence electrons. The van der Waals surface area contributed by atoms with Gasteiger partial charge in [-0.1, -0.05) is 109 Å². The number of hydrogen-bond donors (Lipinski definition) is 0. The van der Waals surface area contributed by atoms with Crippen molar-refractivity contribution in [3.63, 3.8) is 0 Å². The Morgan fingerprint density at radius 1 is 0.375 bits per heavy atom. The van der Waals surface area contributed by atoms with Gasteiger partial charge in [-0.15, -0.1) is 0 Å². The van der Waals surface area contributed by atoms with Gasteiger partial charge >= 0.3 is 0 Å². The van der Waals surface area contributed by atoms with E-state index in [1.165, 1.54) is 32.9 Å². The molecule has 0 aliphatic carbocycles. The Hall–Kier alpha value is -5.34. The fourth-order valence-corrected chi connectivity index (χ4v) is 5.47. The van der Waals surface area contributed by atoms with Gasteiger partial charge in [-0.3, -0.25) is 0 Å². The van der Waals surface area contributed by atoms with Gasteiger partial charge in [0.05, 0.1) is 11.0 Å². The van der Waals surface area contributed by atoms with Crippen LogP contribution in [0.15, 0.2) is 158 Å². The highest BCUT2D eigenvalue weighted by molar-refractivity contribution is 6.09. The third-order valence-electron chi connectivity index (χ3n) is 7.38. The van der Waals surface area contributed by atoms with Crippen LogP contribution in [0.5, 0.6) is 0 Å². The van der Waals surface area contributed by atoms with Gasteiger partial charge in [0.1, 0.15) is 0 Å². The van der Waals surface area contributed by atoms with E-state index in [1.54, 1.807) is 0 Å². The van der Waals surface area contributed by atoms with Crippen LogP contribution in [0.3, 0.4) is 0 Å². The summed E-state index contributed by atoms with van der Waals surface area (Å²) >= 11 is 0. The molecule has 40 heavy (non-hydrogen) atoms. The summed E-state index contributed by atoms with van der Waals surface area (Å²) in [5, 5.41) is 2.55. The number of aromatic nitrogens is 1. The average Bonchev–Trinajstić information content (AvgIpc) is 3.37. The first-order chi connectivity index (χ1) is 19.8. The molecule has 0 atom stereocenters. The lowest BCUT2D eigenvalue weighted by Gasteiger charge is -2.26. The summed E-state index contributed by atoms with van der Waals surface area (Å²) in [5.74, 6) is 0. The Labute approximate surface area is 234 Å². The molecule has 0 radical (unpaired) electrons. The summed E-state index contributed by atoms with van der Waals surface area (Å²) in [6.07, 6.45) is 4.31. The summed E-state index contributed by atoms with van der Waals surface area (Å²) in [4.78, 5) is 2.31. The first kappa shape index (κ1) is 23.8. The molecule has 2 nitrogen and oxygen atoms in total. The molecule has 7 rings (SSSR count). The van der Waals surface area contributed by atoms with Crippen LogP contribution < -0.4 is 4.90 Å². The van der Waals surface area contributed by atoms with Crippen molar-refractivity contribution >= 4 is 51.0 Å². The predicted octanol–water partition coefficient (Wildman–Crippen LogP) is 10.4. The Morgan fingerprint density at radius 2 is 0.800 bits per heavy atom. The molecule has 0 amide bonds. The van der Waals surface area contributed by atoms with Crippen molar-refractivity contribution in [2.24, 2.45) is 0 Å². The van der Waals surface area contributed by atoms with E-state index in [4.69, 9.17) is 0 Å². The molecule has 0 bridgehead atoms. The maximum Gasteiger partial charge on any atom is 0.0541 e. The summed E-state index contributed by atoms with van der Waals surface area (Å²) in [6, 6.07) is 55.8. The van der Waals surface area contributed by atoms with Gasteiger partial charge in [0.25, 0.3) is 0 Å². The van der Waals surface area contributed by atoms with Crippen molar-refractivity contribution in [2.75, 3.05) is 4.90 Å². The zero-order valence-electron chi connectivity index (χ0n) is 22.1. The van der Waals surface area contributed by atoms with Gasteiger partial charge in [-0.25, -0.2) is 0 Å². The summed E-state index contributed by atoms with van der Waals surface area (Å²) in [6.45, 7) is 0. The van der Waals surface area contributed by atoms with Crippen LogP contribution in [-0.2, 0) is 0 Å². The number of hydrogen-bond acceptors (Lipinski definition) is 1. The van der Waals surface area contributed by atoms with E-state index in [-0.39, 0.29) is 0 Å². The van der Waals surface area contributed by atoms with Crippen LogP contribution in [0.25, 0.3) is 39.6 Å². The number of nitrogens with zero attached hydrogens (tertiary/aromatic N) is 2. The van der Waals surface area contributed by atoms with E-state index < -0.39 is 0 Å². The Morgan fingerprint density at radius 3 is 1.38 bits per heavy atom. The van der Waals surface area contributed by atoms with Crippen LogP contribution >= 0.6 is 0 Å². The summed E-state index contributed by atoms with van der Waals surface area (Å²) in [5.41, 5.74) is 9.31. The lowest BCUT2D eigenvalue weighted by Crippen LogP contribution is -2.10. The predicted molar refractivity (Wildman–Crippen MR) is 171 cm³/mol. The second kappa shape index (κ2) is 10.4. The third-order valence-corrected chi connectivity index (χ3v) is 7.38. The fourth-order valence-electron chi connectivity index (χ4n) is 5.47. The minimum absolute atomic E-state index is 1.11. The van der Waals surface area contributed by atoms with E-state index in [0.717, 1.165) is 22.7 Å². The van der Waals surface area contributed by atoms with E-state index in [2.05, 4.69) is 173 Å². The summed E-state index contributed by atoms with van der Waals surface area (Å²) in [7, 11) is 0. The number of anilines is 3. The smallest absolute Gasteiger partial charge is 0.0541 e. The van der Waals surface area contributed by atoms with Gasteiger partial charge in [0.15, 0.2) is 0 Å². The van der Waals surface area contributed by atoms with E-state index in [1.807, 2.05) is 6.07 Å². The zero-order chi connectivity index (χ0) is 26.7. The van der Waals surface area contributed by atoms with E-state index in [0.29, 0.717) is 0 Å². The van der Waals surface area contributed by atoms with Gasteiger partial charge in [0, 0.05) is 33.5 Å². The molecular formula is C38H28N2. The number of benzene rings is 6. The minimum Gasteiger partial charge on any atom is -0.311 e. The van der Waals surface area contributed by atoms with Crippen molar-refractivity contribution in [3.05, 3.63) is 169 Å². The molecule has 1 aromatic heterocycles. The van der Waals surface area contributed by atoms with E-state index >= 15 is 0 Å². The second-order valence-corrected chi connectivity index (χ2v) is 9.89. The van der Waals surface area contributed by atoms with Crippen molar-refractivity contribution in [2.45, 2.75) is 0 Å². The lowest BCUT2D eigenvalue weighted by molar-refractivity contribution is 1.17. The van der Waals surface area contributed by atoms with Crippen LogP contribution in [0, 0.1) is 0 Å². The lowest BCUT2D eigenvalue weighted by atomic mass is 10.1. The standard InChI is InChI=1S/C38H28N2/c1-3-11-29(12-4-1)19-20-30-21-23-32(24-22-30)39(31-13-5-2-6-14-31)33-25-27-34(28-26-33)40-37-17-9-7-15-35(37)36-16-8-10-18-38(36)40/h1-28H/b20-19+. The van der Waals surface area contributed by atoms with Gasteiger partial charge in [0.2, 0.25) is 0 Å². The first-order valence-electron chi connectivity index (χ1n) is 13.6. The highest BCUT2D eigenvalue weighted by Crippen LogP contribution is 2.36. The van der Waals surface area contributed by atoms with Crippen molar-refractivity contribution in [3.8, 4) is 5.69 Å². The van der Waals surface area contributed by atoms with E-state index in [9.17, 15) is 0 Å². The monoisotopic (exact) mass is 512 g/mol. The average molecular weight is 513 g/mol. The van der Waals surface area contributed by atoms with Gasteiger partial charge in [-0.2, -0.15) is 0 Å². The Balaban J connectivity index is 1.26. The quantitative estimate of drug-likeness (QED) is 0.201. The maximum absolute atomic E-state index is 2.36. The number of fused-ring (bicyclic) bond motifs is 3. The Kier molecular flexibility index (Phi) is 6.20. The number of para-hydroxylation sites is 3. The topological polar surface area (TPSA) is 8.17 Å². The van der Waals surface area contributed by atoms with Gasteiger partial charge in [-0.05, 0) is 71.8 Å². The largest absolute Gasteiger partial charge is 0.311 e. The molecule has 0 N–H and O–H groups in total. The number of rotatable bonds is 6. The molecular weight excluding hydrogens is 484 g/mol. The molecule has 7 aromatic rings. The molecule has 1 heterocycles. The van der Waals surface area contributed by atoms with Crippen LogP contribution in [0.2, 0.25) is 0 Å². The minimum atomic E-state index is 1.11. The van der Waals surface area contributed by atoms with Crippen molar-refractivity contribution < 1.29 is 0 Å². The van der Waals surface area contributed by atoms with Crippen molar-refractivity contribution in [1.82, 2.24) is 4.57 Å². The van der Waals surface area contributed by atoms with Crippen LogP contribution in [-0.4, -0.2) is 4.57 Å². The molecule has 6 aromatic carbocycles. The first-order valence-corrected chi connectivity index (χ1v) is 13.6. The van der Waals surface area contributed by atoms with Crippen LogP contribution in [0.4, 0.5) is 17.1 Å². The third kappa shape index (κ3) is 4.46. The molecule has 0 saturated heterocycles. The zero-order valence-corrected chi connectivity index (χ0v) is 22.1. The summed E-state index contributed by atoms with van der Waals surface area (Å²) < 4.78 is 2.36.